The molecule has 5 heteroatoms. The Morgan fingerprint density at radius 1 is 1.43 bits per heavy atom. The molecule has 1 atom stereocenters. The Morgan fingerprint density at radius 3 is 2.36 bits per heavy atom. The van der Waals surface area contributed by atoms with Crippen LogP contribution in [0, 0.1) is 11.3 Å². The SMILES string of the molecule is CCOP(=O)(CCC#N)OC(C)(C)C. The van der Waals surface area contributed by atoms with Gasteiger partial charge in [0, 0.05) is 6.42 Å². The van der Waals surface area contributed by atoms with Crippen LogP contribution in [0.1, 0.15) is 34.1 Å². The molecule has 0 saturated carbocycles. The Kier molecular flexibility index (Phi) is 5.36. The summed E-state index contributed by atoms with van der Waals surface area (Å²) >= 11 is 0. The lowest BCUT2D eigenvalue weighted by Crippen LogP contribution is -2.19. The van der Waals surface area contributed by atoms with Crippen molar-refractivity contribution in [2.24, 2.45) is 0 Å². The highest BCUT2D eigenvalue weighted by Gasteiger charge is 2.29. The monoisotopic (exact) mass is 219 g/mol. The van der Waals surface area contributed by atoms with Gasteiger partial charge in [-0.3, -0.25) is 4.57 Å². The van der Waals surface area contributed by atoms with Crippen molar-refractivity contribution in [1.29, 1.82) is 5.26 Å². The number of nitrogens with zero attached hydrogens (tertiary/aromatic N) is 1. The Labute approximate surface area is 85.7 Å². The molecule has 0 fully saturated rings. The molecule has 0 aromatic carbocycles. The Bertz CT molecular complexity index is 252. The summed E-state index contributed by atoms with van der Waals surface area (Å²) in [7, 11) is -3.08. The van der Waals surface area contributed by atoms with Gasteiger partial charge in [0.05, 0.1) is 24.4 Å². The quantitative estimate of drug-likeness (QED) is 0.667. The van der Waals surface area contributed by atoms with Gasteiger partial charge in [0.25, 0.3) is 0 Å². The van der Waals surface area contributed by atoms with E-state index in [1.807, 2.05) is 26.8 Å². The minimum absolute atomic E-state index is 0.161. The molecule has 0 saturated heterocycles. The normalized spacial score (nSPS) is 15.9. The zero-order valence-electron chi connectivity index (χ0n) is 9.24. The van der Waals surface area contributed by atoms with Crippen LogP contribution in [0.3, 0.4) is 0 Å². The van der Waals surface area contributed by atoms with Gasteiger partial charge in [-0.25, -0.2) is 0 Å². The molecule has 0 aromatic rings. The van der Waals surface area contributed by atoms with Crippen molar-refractivity contribution in [3.63, 3.8) is 0 Å². The molecule has 0 rings (SSSR count). The third-order valence-corrected chi connectivity index (χ3v) is 3.49. The summed E-state index contributed by atoms with van der Waals surface area (Å²) in [5, 5.41) is 8.41. The molecule has 0 aromatic heterocycles. The number of hydrogen-bond donors (Lipinski definition) is 0. The fraction of sp³-hybridized carbons (Fsp3) is 0.889. The second-order valence-corrected chi connectivity index (χ2v) is 5.97. The van der Waals surface area contributed by atoms with E-state index in [4.69, 9.17) is 14.3 Å². The van der Waals surface area contributed by atoms with Gasteiger partial charge in [0.15, 0.2) is 0 Å². The van der Waals surface area contributed by atoms with Crippen LogP contribution in [0.4, 0.5) is 0 Å². The zero-order chi connectivity index (χ0) is 11.2. The fourth-order valence-electron chi connectivity index (χ4n) is 0.937. The average Bonchev–Trinajstić information content (AvgIpc) is 1.98. The third kappa shape index (κ3) is 6.15. The predicted molar refractivity (Wildman–Crippen MR) is 55.2 cm³/mol. The maximum absolute atomic E-state index is 12.0. The van der Waals surface area contributed by atoms with E-state index < -0.39 is 13.2 Å². The van der Waals surface area contributed by atoms with Gasteiger partial charge in [-0.15, -0.1) is 0 Å². The van der Waals surface area contributed by atoms with E-state index in [-0.39, 0.29) is 12.6 Å². The Balaban J connectivity index is 4.41. The molecule has 4 nitrogen and oxygen atoms in total. The average molecular weight is 219 g/mol. The first-order valence-electron chi connectivity index (χ1n) is 4.64. The molecule has 0 aliphatic carbocycles. The number of hydrogen-bond acceptors (Lipinski definition) is 4. The largest absolute Gasteiger partial charge is 0.332 e. The molecular formula is C9H18NO3P. The summed E-state index contributed by atoms with van der Waals surface area (Å²) in [5.74, 6) is 0. The third-order valence-electron chi connectivity index (χ3n) is 1.24. The van der Waals surface area contributed by atoms with Gasteiger partial charge >= 0.3 is 7.60 Å². The smallest absolute Gasteiger partial charge is 0.309 e. The topological polar surface area (TPSA) is 59.3 Å². The van der Waals surface area contributed by atoms with Gasteiger partial charge in [-0.1, -0.05) is 0 Å². The molecular weight excluding hydrogens is 201 g/mol. The second kappa shape index (κ2) is 5.50. The van der Waals surface area contributed by atoms with Crippen molar-refractivity contribution in [2.45, 2.75) is 39.7 Å². The predicted octanol–water partition coefficient (Wildman–Crippen LogP) is 2.94. The van der Waals surface area contributed by atoms with E-state index in [1.165, 1.54) is 0 Å². The van der Waals surface area contributed by atoms with Crippen LogP contribution in [-0.2, 0) is 13.6 Å². The number of rotatable bonds is 5. The Morgan fingerprint density at radius 2 is 2.00 bits per heavy atom. The molecule has 14 heavy (non-hydrogen) atoms. The lowest BCUT2D eigenvalue weighted by Gasteiger charge is -2.26. The standard InChI is InChI=1S/C9H18NO3P/c1-5-12-14(11,8-6-7-10)13-9(2,3)4/h5-6,8H2,1-4H3. The fourth-order valence-corrected chi connectivity index (χ4v) is 2.81. The molecule has 0 amide bonds. The highest BCUT2D eigenvalue weighted by molar-refractivity contribution is 7.53. The van der Waals surface area contributed by atoms with Crippen LogP contribution in [0.25, 0.3) is 0 Å². The van der Waals surface area contributed by atoms with E-state index in [0.717, 1.165) is 0 Å². The Hall–Kier alpha value is -0.360. The van der Waals surface area contributed by atoms with Crippen LogP contribution in [0.2, 0.25) is 0 Å². The zero-order valence-corrected chi connectivity index (χ0v) is 10.1. The molecule has 0 aliphatic heterocycles. The van der Waals surface area contributed by atoms with Gasteiger partial charge < -0.3 is 9.05 Å². The van der Waals surface area contributed by atoms with Crippen LogP contribution >= 0.6 is 7.60 Å². The summed E-state index contributed by atoms with van der Waals surface area (Å²) in [4.78, 5) is 0. The maximum Gasteiger partial charge on any atom is 0.332 e. The van der Waals surface area contributed by atoms with Crippen LogP contribution in [-0.4, -0.2) is 18.4 Å². The van der Waals surface area contributed by atoms with Crippen molar-refractivity contribution in [3.05, 3.63) is 0 Å². The molecule has 0 N–H and O–H groups in total. The second-order valence-electron chi connectivity index (χ2n) is 3.86. The summed E-state index contributed by atoms with van der Waals surface area (Å²) in [6.45, 7) is 7.52. The van der Waals surface area contributed by atoms with Crippen LogP contribution < -0.4 is 0 Å². The van der Waals surface area contributed by atoms with Crippen LogP contribution in [0.15, 0.2) is 0 Å². The van der Waals surface area contributed by atoms with Crippen molar-refractivity contribution < 1.29 is 13.6 Å². The maximum atomic E-state index is 12.0. The van der Waals surface area contributed by atoms with E-state index in [2.05, 4.69) is 0 Å². The van der Waals surface area contributed by atoms with Gasteiger partial charge in [0.2, 0.25) is 0 Å². The molecule has 0 aliphatic rings. The van der Waals surface area contributed by atoms with E-state index in [9.17, 15) is 4.57 Å². The van der Waals surface area contributed by atoms with Gasteiger partial charge in [-0.05, 0) is 27.7 Å². The number of nitriles is 1. The van der Waals surface area contributed by atoms with E-state index >= 15 is 0 Å². The van der Waals surface area contributed by atoms with E-state index in [0.29, 0.717) is 6.61 Å². The minimum atomic E-state index is -3.08. The molecule has 0 heterocycles. The van der Waals surface area contributed by atoms with Gasteiger partial charge in [-0.2, -0.15) is 5.26 Å². The summed E-state index contributed by atoms with van der Waals surface area (Å²) < 4.78 is 22.4. The van der Waals surface area contributed by atoms with Crippen molar-refractivity contribution in [3.8, 4) is 6.07 Å². The van der Waals surface area contributed by atoms with Gasteiger partial charge in [0.1, 0.15) is 0 Å². The summed E-state index contributed by atoms with van der Waals surface area (Å²) in [6, 6.07) is 1.94. The molecule has 0 radical (unpaired) electrons. The highest BCUT2D eigenvalue weighted by atomic mass is 31.2. The van der Waals surface area contributed by atoms with Crippen molar-refractivity contribution >= 4 is 7.60 Å². The minimum Gasteiger partial charge on any atom is -0.309 e. The van der Waals surface area contributed by atoms with E-state index in [1.54, 1.807) is 6.92 Å². The highest BCUT2D eigenvalue weighted by Crippen LogP contribution is 2.51. The lowest BCUT2D eigenvalue weighted by atomic mass is 10.2. The van der Waals surface area contributed by atoms with Crippen molar-refractivity contribution in [1.82, 2.24) is 0 Å². The van der Waals surface area contributed by atoms with Crippen LogP contribution in [0.5, 0.6) is 0 Å². The first kappa shape index (κ1) is 13.6. The molecule has 82 valence electrons. The lowest BCUT2D eigenvalue weighted by molar-refractivity contribution is 0.0967. The molecule has 0 spiro atoms. The molecule has 1 unspecified atom stereocenters. The van der Waals surface area contributed by atoms with Crippen molar-refractivity contribution in [2.75, 3.05) is 12.8 Å². The first-order chi connectivity index (χ1) is 6.33. The summed E-state index contributed by atoms with van der Waals surface area (Å²) in [6.07, 6.45) is 0.349. The summed E-state index contributed by atoms with van der Waals surface area (Å²) in [5.41, 5.74) is -0.514. The molecule has 0 bridgehead atoms. The first-order valence-corrected chi connectivity index (χ1v) is 6.37.